The molecule has 6 nitrogen and oxygen atoms in total. The molecule has 0 saturated carbocycles. The van der Waals surface area contributed by atoms with Crippen molar-refractivity contribution in [3.05, 3.63) is 104 Å². The quantitative estimate of drug-likeness (QED) is 0.370. The fourth-order valence-corrected chi connectivity index (χ4v) is 5.86. The maximum Gasteiger partial charge on any atom is 0.304 e. The van der Waals surface area contributed by atoms with Crippen LogP contribution in [0.4, 0.5) is 0 Å². The number of carboxylic acids is 1. The lowest BCUT2D eigenvalue weighted by atomic mass is 9.67. The number of aliphatic carboxylic acids is 1. The van der Waals surface area contributed by atoms with Crippen molar-refractivity contribution in [2.24, 2.45) is 5.41 Å². The van der Waals surface area contributed by atoms with Gasteiger partial charge < -0.3 is 14.6 Å². The minimum atomic E-state index is -1.14. The first kappa shape index (κ1) is 27.0. The SMILES string of the molecule is CC[C@@H](Cn1ccccc1=O)N1C(=O)[C@](C)(CC(=O)O)C[C@H](c2cccc(Cl)c2)[C@H]1c1ccc(Cl)cc1. The summed E-state index contributed by atoms with van der Waals surface area (Å²) in [7, 11) is 0. The molecule has 2 aromatic carbocycles. The van der Waals surface area contributed by atoms with E-state index in [0.717, 1.165) is 11.1 Å². The minimum absolute atomic E-state index is 0.159. The zero-order valence-electron chi connectivity index (χ0n) is 20.8. The molecule has 1 fully saturated rings. The lowest BCUT2D eigenvalue weighted by Crippen LogP contribution is -2.57. The third-order valence-corrected chi connectivity index (χ3v) is 7.79. The molecule has 194 valence electrons. The third-order valence-electron chi connectivity index (χ3n) is 7.30. The van der Waals surface area contributed by atoms with E-state index in [9.17, 15) is 19.5 Å². The molecular weight excluding hydrogens is 511 g/mol. The second kappa shape index (κ2) is 11.1. The van der Waals surface area contributed by atoms with Crippen molar-refractivity contribution >= 4 is 35.1 Å². The number of hydrogen-bond acceptors (Lipinski definition) is 3. The number of piperidine rings is 1. The summed E-state index contributed by atoms with van der Waals surface area (Å²) in [4.78, 5) is 40.6. The van der Waals surface area contributed by atoms with Crippen LogP contribution in [0, 0.1) is 5.41 Å². The number of carbonyl (C=O) groups excluding carboxylic acids is 1. The molecule has 0 aliphatic carbocycles. The molecular formula is C29H30Cl2N2O4. The molecule has 2 heterocycles. The Morgan fingerprint density at radius 1 is 1.03 bits per heavy atom. The van der Waals surface area contributed by atoms with E-state index in [0.29, 0.717) is 22.9 Å². The standard InChI is InChI=1S/C29H30Cl2N2O4/c1-3-23(18-32-14-5-4-9-25(32)34)33-27(19-10-12-21(30)13-11-19)24(20-7-6-8-22(31)15-20)16-29(2,28(33)37)17-26(35)36/h4-15,23-24,27H,3,16-18H2,1-2H3,(H,35,36)/t23-,24+,27+,29-/m0/s1. The molecule has 0 bridgehead atoms. The van der Waals surface area contributed by atoms with Gasteiger partial charge in [0.25, 0.3) is 5.56 Å². The fourth-order valence-electron chi connectivity index (χ4n) is 5.53. The van der Waals surface area contributed by atoms with Crippen LogP contribution in [0.15, 0.2) is 77.7 Å². The Morgan fingerprint density at radius 3 is 2.38 bits per heavy atom. The Bertz CT molecular complexity index is 1340. The van der Waals surface area contributed by atoms with Crippen LogP contribution >= 0.6 is 23.2 Å². The zero-order valence-corrected chi connectivity index (χ0v) is 22.3. The summed E-state index contributed by atoms with van der Waals surface area (Å²) < 4.78 is 1.60. The van der Waals surface area contributed by atoms with Gasteiger partial charge in [0.15, 0.2) is 0 Å². The van der Waals surface area contributed by atoms with Crippen molar-refractivity contribution in [1.29, 1.82) is 0 Å². The first-order valence-corrected chi connectivity index (χ1v) is 13.1. The number of hydrogen-bond donors (Lipinski definition) is 1. The van der Waals surface area contributed by atoms with Crippen LogP contribution in [-0.2, 0) is 16.1 Å². The molecule has 1 aliphatic rings. The van der Waals surface area contributed by atoms with Crippen LogP contribution < -0.4 is 5.56 Å². The van der Waals surface area contributed by atoms with Gasteiger partial charge in [-0.1, -0.05) is 67.4 Å². The summed E-state index contributed by atoms with van der Waals surface area (Å²) >= 11 is 12.6. The largest absolute Gasteiger partial charge is 0.481 e. The summed E-state index contributed by atoms with van der Waals surface area (Å²) in [5.74, 6) is -1.50. The Balaban J connectivity index is 1.91. The Labute approximate surface area is 226 Å². The first-order chi connectivity index (χ1) is 17.6. The molecule has 1 N–H and O–H groups in total. The number of amides is 1. The van der Waals surface area contributed by atoms with Crippen molar-refractivity contribution in [1.82, 2.24) is 9.47 Å². The molecule has 1 aromatic heterocycles. The summed E-state index contributed by atoms with van der Waals surface area (Å²) in [6.07, 6.45) is 2.32. The Kier molecular flexibility index (Phi) is 8.10. The number of halogens is 2. The second-order valence-corrected chi connectivity index (χ2v) is 10.8. The van der Waals surface area contributed by atoms with Crippen LogP contribution in [0.2, 0.25) is 10.0 Å². The van der Waals surface area contributed by atoms with Crippen molar-refractivity contribution < 1.29 is 14.7 Å². The molecule has 1 saturated heterocycles. The summed E-state index contributed by atoms with van der Waals surface area (Å²) in [6, 6.07) is 19.1. The highest BCUT2D eigenvalue weighted by Gasteiger charge is 2.52. The van der Waals surface area contributed by atoms with Crippen LogP contribution in [0.1, 0.15) is 56.2 Å². The number of aromatic nitrogens is 1. The van der Waals surface area contributed by atoms with E-state index in [1.165, 1.54) is 6.07 Å². The van der Waals surface area contributed by atoms with Gasteiger partial charge in [0.1, 0.15) is 0 Å². The first-order valence-electron chi connectivity index (χ1n) is 12.3. The number of carbonyl (C=O) groups is 2. The molecule has 8 heteroatoms. The summed E-state index contributed by atoms with van der Waals surface area (Å²) in [5.41, 5.74) is 0.511. The van der Waals surface area contributed by atoms with Crippen molar-refractivity contribution in [2.45, 2.75) is 57.7 Å². The third kappa shape index (κ3) is 5.76. The lowest BCUT2D eigenvalue weighted by Gasteiger charge is -2.52. The predicted octanol–water partition coefficient (Wildman–Crippen LogP) is 6.17. The molecule has 1 amide bonds. The van der Waals surface area contributed by atoms with E-state index >= 15 is 0 Å². The van der Waals surface area contributed by atoms with Gasteiger partial charge >= 0.3 is 5.97 Å². The monoisotopic (exact) mass is 540 g/mol. The number of pyridine rings is 1. The summed E-state index contributed by atoms with van der Waals surface area (Å²) in [6.45, 7) is 3.99. The van der Waals surface area contributed by atoms with Crippen molar-refractivity contribution in [3.8, 4) is 0 Å². The van der Waals surface area contributed by atoms with Gasteiger partial charge in [0.05, 0.1) is 23.9 Å². The normalized spacial score (nSPS) is 22.6. The topological polar surface area (TPSA) is 79.6 Å². The van der Waals surface area contributed by atoms with E-state index in [2.05, 4.69) is 0 Å². The Morgan fingerprint density at radius 2 is 1.76 bits per heavy atom. The van der Waals surface area contributed by atoms with Crippen LogP contribution in [-0.4, -0.2) is 32.5 Å². The average Bonchev–Trinajstić information content (AvgIpc) is 2.85. The molecule has 0 unspecified atom stereocenters. The Hall–Kier alpha value is -3.09. The summed E-state index contributed by atoms with van der Waals surface area (Å²) in [5, 5.41) is 10.9. The van der Waals surface area contributed by atoms with Gasteiger partial charge in [-0.05, 0) is 54.3 Å². The van der Waals surface area contributed by atoms with Gasteiger partial charge in [-0.3, -0.25) is 14.4 Å². The molecule has 37 heavy (non-hydrogen) atoms. The van der Waals surface area contributed by atoms with E-state index in [1.54, 1.807) is 48.0 Å². The number of carboxylic acid groups (broad SMARTS) is 1. The minimum Gasteiger partial charge on any atom is -0.481 e. The van der Waals surface area contributed by atoms with Gasteiger partial charge in [-0.2, -0.15) is 0 Å². The highest BCUT2D eigenvalue weighted by Crippen LogP contribution is 2.52. The molecule has 3 aromatic rings. The van der Waals surface area contributed by atoms with Crippen molar-refractivity contribution in [3.63, 3.8) is 0 Å². The van der Waals surface area contributed by atoms with Crippen LogP contribution in [0.3, 0.4) is 0 Å². The number of rotatable bonds is 8. The van der Waals surface area contributed by atoms with Gasteiger partial charge in [-0.25, -0.2) is 0 Å². The maximum atomic E-state index is 14.3. The van der Waals surface area contributed by atoms with E-state index in [4.69, 9.17) is 23.2 Å². The highest BCUT2D eigenvalue weighted by atomic mass is 35.5. The van der Waals surface area contributed by atoms with Gasteiger partial charge in [0.2, 0.25) is 5.91 Å². The average molecular weight is 541 g/mol. The number of likely N-dealkylation sites (tertiary alicyclic amines) is 1. The zero-order chi connectivity index (χ0) is 26.7. The molecule has 0 spiro atoms. The lowest BCUT2D eigenvalue weighted by molar-refractivity contribution is -0.161. The van der Waals surface area contributed by atoms with Crippen LogP contribution in [0.5, 0.6) is 0 Å². The van der Waals surface area contributed by atoms with Gasteiger partial charge in [-0.15, -0.1) is 0 Å². The van der Waals surface area contributed by atoms with Crippen molar-refractivity contribution in [2.75, 3.05) is 0 Å². The van der Waals surface area contributed by atoms with E-state index < -0.39 is 17.4 Å². The predicted molar refractivity (Wildman–Crippen MR) is 145 cm³/mol. The fraction of sp³-hybridized carbons (Fsp3) is 0.345. The maximum absolute atomic E-state index is 14.3. The van der Waals surface area contributed by atoms with E-state index in [1.807, 2.05) is 42.2 Å². The number of nitrogens with zero attached hydrogens (tertiary/aromatic N) is 2. The highest BCUT2D eigenvalue weighted by molar-refractivity contribution is 6.30. The molecule has 0 radical (unpaired) electrons. The van der Waals surface area contributed by atoms with E-state index in [-0.39, 0.29) is 36.4 Å². The molecule has 4 atom stereocenters. The van der Waals surface area contributed by atoms with Gasteiger partial charge in [0, 0.05) is 34.8 Å². The number of benzene rings is 2. The van der Waals surface area contributed by atoms with Crippen LogP contribution in [0.25, 0.3) is 0 Å². The second-order valence-electron chi connectivity index (χ2n) is 9.96. The molecule has 1 aliphatic heterocycles. The molecule has 4 rings (SSSR count). The smallest absolute Gasteiger partial charge is 0.304 e.